The Labute approximate surface area is 121 Å². The van der Waals surface area contributed by atoms with Crippen LogP contribution in [-0.2, 0) is 9.59 Å². The van der Waals surface area contributed by atoms with E-state index in [4.69, 9.17) is 0 Å². The lowest BCUT2D eigenvalue weighted by molar-refractivity contribution is -0.138. The molecule has 0 unspecified atom stereocenters. The molecular weight excluding hydrogens is 254 g/mol. The molecule has 5 nitrogen and oxygen atoms in total. The van der Waals surface area contributed by atoms with Crippen molar-refractivity contribution in [3.05, 3.63) is 0 Å². The number of hydrogen-bond donors (Lipinski definition) is 1. The molecule has 0 bridgehead atoms. The summed E-state index contributed by atoms with van der Waals surface area (Å²) in [6, 6.07) is 0. The molecular formula is C15H27N3O2. The van der Waals surface area contributed by atoms with Crippen LogP contribution >= 0.6 is 0 Å². The minimum atomic E-state index is 0.0829. The van der Waals surface area contributed by atoms with Gasteiger partial charge in [0.15, 0.2) is 0 Å². The van der Waals surface area contributed by atoms with Gasteiger partial charge in [0.05, 0.1) is 6.54 Å². The van der Waals surface area contributed by atoms with E-state index < -0.39 is 0 Å². The highest BCUT2D eigenvalue weighted by molar-refractivity contribution is 5.79. The minimum Gasteiger partial charge on any atom is -0.355 e. The van der Waals surface area contributed by atoms with Gasteiger partial charge >= 0.3 is 0 Å². The molecule has 0 spiro atoms. The van der Waals surface area contributed by atoms with Crippen LogP contribution < -0.4 is 5.32 Å². The minimum absolute atomic E-state index is 0.0829. The van der Waals surface area contributed by atoms with Crippen molar-refractivity contribution in [2.75, 3.05) is 39.3 Å². The number of nitrogens with zero attached hydrogens (tertiary/aromatic N) is 2. The molecule has 0 radical (unpaired) electrons. The molecule has 2 rings (SSSR count). The molecule has 1 aliphatic heterocycles. The molecule has 2 amide bonds. The first-order chi connectivity index (χ1) is 9.70. The second-order valence-electron chi connectivity index (χ2n) is 5.89. The number of nitrogens with one attached hydrogen (secondary N) is 1. The van der Waals surface area contributed by atoms with Crippen molar-refractivity contribution >= 4 is 11.8 Å². The maximum Gasteiger partial charge on any atom is 0.234 e. The Hall–Kier alpha value is -1.10. The maximum absolute atomic E-state index is 12.4. The van der Waals surface area contributed by atoms with Crippen LogP contribution in [0.1, 0.15) is 39.0 Å². The number of piperazine rings is 1. The van der Waals surface area contributed by atoms with Crippen molar-refractivity contribution in [1.82, 2.24) is 15.1 Å². The summed E-state index contributed by atoms with van der Waals surface area (Å²) in [5.41, 5.74) is 0. The molecule has 114 valence electrons. The first-order valence-corrected chi connectivity index (χ1v) is 7.98. The summed E-state index contributed by atoms with van der Waals surface area (Å²) in [6.45, 7) is 6.24. The van der Waals surface area contributed by atoms with E-state index in [2.05, 4.69) is 10.2 Å². The Morgan fingerprint density at radius 2 is 1.70 bits per heavy atom. The van der Waals surface area contributed by atoms with Crippen molar-refractivity contribution in [2.24, 2.45) is 5.92 Å². The number of carbonyl (C=O) groups is 2. The van der Waals surface area contributed by atoms with Crippen LogP contribution in [0.2, 0.25) is 0 Å². The highest BCUT2D eigenvalue weighted by Crippen LogP contribution is 2.25. The number of hydrogen-bond acceptors (Lipinski definition) is 3. The average Bonchev–Trinajstić information content (AvgIpc) is 2.48. The van der Waals surface area contributed by atoms with Crippen LogP contribution in [0, 0.1) is 5.92 Å². The fourth-order valence-corrected chi connectivity index (χ4v) is 3.19. The summed E-state index contributed by atoms with van der Waals surface area (Å²) in [5.74, 6) is 0.695. The van der Waals surface area contributed by atoms with E-state index in [-0.39, 0.29) is 11.8 Å². The van der Waals surface area contributed by atoms with E-state index >= 15 is 0 Å². The number of amides is 2. The highest BCUT2D eigenvalue weighted by Gasteiger charge is 2.28. The Bertz CT molecular complexity index is 332. The number of carbonyl (C=O) groups excluding carboxylic acids is 2. The SMILES string of the molecule is CCNC(=O)CN1CCN(C(=O)C2CCCCC2)CC1. The van der Waals surface area contributed by atoms with Crippen molar-refractivity contribution in [3.63, 3.8) is 0 Å². The lowest BCUT2D eigenvalue weighted by Gasteiger charge is -2.36. The third-order valence-corrected chi connectivity index (χ3v) is 4.38. The van der Waals surface area contributed by atoms with Crippen LogP contribution in [0.3, 0.4) is 0 Å². The van der Waals surface area contributed by atoms with E-state index in [0.717, 1.165) is 39.0 Å². The molecule has 2 fully saturated rings. The number of rotatable bonds is 4. The van der Waals surface area contributed by atoms with Gasteiger partial charge in [-0.25, -0.2) is 0 Å². The second-order valence-corrected chi connectivity index (χ2v) is 5.89. The van der Waals surface area contributed by atoms with Crippen molar-refractivity contribution in [3.8, 4) is 0 Å². The van der Waals surface area contributed by atoms with E-state index in [1.54, 1.807) is 0 Å². The van der Waals surface area contributed by atoms with Gasteiger partial charge in [0.1, 0.15) is 0 Å². The fourth-order valence-electron chi connectivity index (χ4n) is 3.19. The Morgan fingerprint density at radius 1 is 1.05 bits per heavy atom. The first-order valence-electron chi connectivity index (χ1n) is 7.98. The summed E-state index contributed by atoms with van der Waals surface area (Å²) >= 11 is 0. The third-order valence-electron chi connectivity index (χ3n) is 4.38. The molecule has 0 aromatic carbocycles. The summed E-state index contributed by atoms with van der Waals surface area (Å²) < 4.78 is 0. The molecule has 0 aromatic heterocycles. The third kappa shape index (κ3) is 4.20. The molecule has 1 aliphatic carbocycles. The monoisotopic (exact) mass is 281 g/mol. The second kappa shape index (κ2) is 7.62. The Balaban J connectivity index is 1.73. The number of likely N-dealkylation sites (N-methyl/N-ethyl adjacent to an activating group) is 1. The molecule has 5 heteroatoms. The summed E-state index contributed by atoms with van der Waals surface area (Å²) in [4.78, 5) is 28.1. The van der Waals surface area contributed by atoms with E-state index in [0.29, 0.717) is 19.0 Å². The molecule has 0 atom stereocenters. The molecule has 2 aliphatic rings. The molecule has 1 saturated carbocycles. The predicted octanol–water partition coefficient (Wildman–Crippen LogP) is 0.847. The normalized spacial score (nSPS) is 21.8. The van der Waals surface area contributed by atoms with Crippen molar-refractivity contribution in [2.45, 2.75) is 39.0 Å². The topological polar surface area (TPSA) is 52.7 Å². The van der Waals surface area contributed by atoms with Gasteiger partial charge in [-0.15, -0.1) is 0 Å². The summed E-state index contributed by atoms with van der Waals surface area (Å²) in [5, 5.41) is 2.82. The zero-order chi connectivity index (χ0) is 14.4. The summed E-state index contributed by atoms with van der Waals surface area (Å²) in [7, 11) is 0. The smallest absolute Gasteiger partial charge is 0.234 e. The molecule has 20 heavy (non-hydrogen) atoms. The van der Waals surface area contributed by atoms with E-state index in [1.165, 1.54) is 19.3 Å². The van der Waals surface area contributed by atoms with Gasteiger partial charge in [0.2, 0.25) is 11.8 Å². The first kappa shape index (κ1) is 15.3. The lowest BCUT2D eigenvalue weighted by atomic mass is 9.88. The molecule has 1 saturated heterocycles. The maximum atomic E-state index is 12.4. The van der Waals surface area contributed by atoms with Gasteiger partial charge in [-0.3, -0.25) is 14.5 Å². The zero-order valence-electron chi connectivity index (χ0n) is 12.6. The van der Waals surface area contributed by atoms with Crippen molar-refractivity contribution in [1.29, 1.82) is 0 Å². The Kier molecular flexibility index (Phi) is 5.83. The van der Waals surface area contributed by atoms with Gasteiger partial charge < -0.3 is 10.2 Å². The van der Waals surface area contributed by atoms with E-state index in [9.17, 15) is 9.59 Å². The zero-order valence-corrected chi connectivity index (χ0v) is 12.6. The predicted molar refractivity (Wildman–Crippen MR) is 78.3 cm³/mol. The van der Waals surface area contributed by atoms with Crippen LogP contribution in [0.4, 0.5) is 0 Å². The van der Waals surface area contributed by atoms with Gasteiger partial charge in [-0.05, 0) is 19.8 Å². The largest absolute Gasteiger partial charge is 0.355 e. The average molecular weight is 281 g/mol. The van der Waals surface area contributed by atoms with Crippen molar-refractivity contribution < 1.29 is 9.59 Å². The van der Waals surface area contributed by atoms with Crippen LogP contribution in [0.15, 0.2) is 0 Å². The summed E-state index contributed by atoms with van der Waals surface area (Å²) in [6.07, 6.45) is 5.82. The van der Waals surface area contributed by atoms with Gasteiger partial charge in [0, 0.05) is 38.6 Å². The van der Waals surface area contributed by atoms with E-state index in [1.807, 2.05) is 11.8 Å². The van der Waals surface area contributed by atoms with Crippen LogP contribution in [0.25, 0.3) is 0 Å². The van der Waals surface area contributed by atoms with Gasteiger partial charge in [-0.2, -0.15) is 0 Å². The standard InChI is InChI=1S/C15H27N3O2/c1-2-16-14(19)12-17-8-10-18(11-9-17)15(20)13-6-4-3-5-7-13/h13H,2-12H2,1H3,(H,16,19). The quantitative estimate of drug-likeness (QED) is 0.831. The van der Waals surface area contributed by atoms with Gasteiger partial charge in [0.25, 0.3) is 0 Å². The molecule has 1 heterocycles. The Morgan fingerprint density at radius 3 is 2.30 bits per heavy atom. The fraction of sp³-hybridized carbons (Fsp3) is 0.867. The van der Waals surface area contributed by atoms with Gasteiger partial charge in [-0.1, -0.05) is 19.3 Å². The molecule has 0 aromatic rings. The highest BCUT2D eigenvalue weighted by atomic mass is 16.2. The van der Waals surface area contributed by atoms with Crippen LogP contribution in [0.5, 0.6) is 0 Å². The molecule has 1 N–H and O–H groups in total. The van der Waals surface area contributed by atoms with Crippen LogP contribution in [-0.4, -0.2) is 60.9 Å². The lowest BCUT2D eigenvalue weighted by Crippen LogP contribution is -2.52.